The number of aliphatic hydroxyl groups excluding tert-OH is 1. The third kappa shape index (κ3) is 2.78. The van der Waals surface area contributed by atoms with Crippen LogP contribution in [0.25, 0.3) is 0 Å². The largest absolute Gasteiger partial charge is 0.395 e. The van der Waals surface area contributed by atoms with E-state index in [-0.39, 0.29) is 24.2 Å². The molecule has 9 nitrogen and oxygen atoms in total. The van der Waals surface area contributed by atoms with Crippen LogP contribution in [0.15, 0.2) is 6.33 Å². The zero-order chi connectivity index (χ0) is 17.3. The number of nitrogens with zero attached hydrogens (tertiary/aromatic N) is 6. The van der Waals surface area contributed by atoms with Crippen molar-refractivity contribution in [3.05, 3.63) is 12.2 Å². The van der Waals surface area contributed by atoms with Gasteiger partial charge in [-0.2, -0.15) is 0 Å². The topological polar surface area (TPSA) is 94.8 Å². The van der Waals surface area contributed by atoms with Gasteiger partial charge in [0.15, 0.2) is 0 Å². The maximum Gasteiger partial charge on any atom is 0.293 e. The van der Waals surface area contributed by atoms with Crippen LogP contribution in [-0.2, 0) is 11.8 Å². The maximum absolute atomic E-state index is 12.9. The number of amides is 2. The van der Waals surface area contributed by atoms with Crippen molar-refractivity contribution in [2.24, 2.45) is 7.05 Å². The average Bonchev–Trinajstić information content (AvgIpc) is 3.02. The number of hydrogen-bond donors (Lipinski definition) is 1. The number of hydrogen-bond acceptors (Lipinski definition) is 6. The first-order chi connectivity index (χ1) is 11.5. The van der Waals surface area contributed by atoms with Crippen molar-refractivity contribution >= 4 is 11.8 Å². The summed E-state index contributed by atoms with van der Waals surface area (Å²) in [6, 6.07) is 0. The Labute approximate surface area is 140 Å². The first kappa shape index (κ1) is 16.8. The van der Waals surface area contributed by atoms with Crippen LogP contribution in [0, 0.1) is 0 Å². The normalized spacial score (nSPS) is 21.5. The van der Waals surface area contributed by atoms with E-state index in [0.29, 0.717) is 39.0 Å². The molecule has 2 saturated heterocycles. The second-order valence-corrected chi connectivity index (χ2v) is 6.50. The lowest BCUT2D eigenvalue weighted by atomic mass is 9.82. The number of β-amino-alcohol motifs (C(OH)–C–C–N with tert-alkyl or cyclic N) is 1. The van der Waals surface area contributed by atoms with Crippen molar-refractivity contribution < 1.29 is 14.7 Å². The third-order valence-corrected chi connectivity index (χ3v) is 5.16. The Balaban J connectivity index is 1.70. The van der Waals surface area contributed by atoms with Gasteiger partial charge in [-0.25, -0.2) is 4.98 Å². The number of likely N-dealkylation sites (N-methyl/N-ethyl adjacent to an activating group) is 1. The number of likely N-dealkylation sites (tertiary alicyclic amines) is 1. The number of piperidine rings is 1. The Morgan fingerprint density at radius 2 is 1.96 bits per heavy atom. The first-order valence-electron chi connectivity index (χ1n) is 8.24. The molecule has 2 aliphatic rings. The summed E-state index contributed by atoms with van der Waals surface area (Å²) in [5.41, 5.74) is -0.568. The van der Waals surface area contributed by atoms with Crippen molar-refractivity contribution in [2.75, 3.05) is 46.4 Å². The summed E-state index contributed by atoms with van der Waals surface area (Å²) in [6.07, 6.45) is 2.68. The van der Waals surface area contributed by atoms with Crippen LogP contribution in [0.2, 0.25) is 0 Å². The van der Waals surface area contributed by atoms with Crippen LogP contribution >= 0.6 is 0 Å². The Morgan fingerprint density at radius 1 is 1.25 bits per heavy atom. The summed E-state index contributed by atoms with van der Waals surface area (Å²) in [5.74, 6) is 0.0654. The second kappa shape index (κ2) is 6.48. The van der Waals surface area contributed by atoms with Crippen LogP contribution in [0.1, 0.15) is 23.5 Å². The van der Waals surface area contributed by atoms with Crippen molar-refractivity contribution in [1.29, 1.82) is 0 Å². The number of carbonyl (C=O) groups excluding carboxylic acids is 2. The highest BCUT2D eigenvalue weighted by molar-refractivity contribution is 5.91. The van der Waals surface area contributed by atoms with Gasteiger partial charge in [0.2, 0.25) is 11.7 Å². The van der Waals surface area contributed by atoms with Crippen molar-refractivity contribution in [2.45, 2.75) is 18.4 Å². The Bertz CT molecular complexity index is 622. The van der Waals surface area contributed by atoms with Crippen LogP contribution in [0.5, 0.6) is 0 Å². The van der Waals surface area contributed by atoms with E-state index in [1.54, 1.807) is 16.8 Å². The van der Waals surface area contributed by atoms with E-state index >= 15 is 0 Å². The van der Waals surface area contributed by atoms with Gasteiger partial charge in [-0.05, 0) is 19.9 Å². The van der Waals surface area contributed by atoms with Gasteiger partial charge in [0.25, 0.3) is 5.91 Å². The molecule has 2 fully saturated rings. The predicted molar refractivity (Wildman–Crippen MR) is 85.2 cm³/mol. The molecule has 0 bridgehead atoms. The minimum Gasteiger partial charge on any atom is -0.395 e. The summed E-state index contributed by atoms with van der Waals surface area (Å²) < 4.78 is 1.50. The van der Waals surface area contributed by atoms with E-state index < -0.39 is 5.54 Å². The molecule has 9 heteroatoms. The van der Waals surface area contributed by atoms with Crippen LogP contribution < -0.4 is 0 Å². The molecule has 0 atom stereocenters. The monoisotopic (exact) mass is 336 g/mol. The zero-order valence-electron chi connectivity index (χ0n) is 14.2. The smallest absolute Gasteiger partial charge is 0.293 e. The molecule has 2 amide bonds. The highest BCUT2D eigenvalue weighted by atomic mass is 16.3. The summed E-state index contributed by atoms with van der Waals surface area (Å²) >= 11 is 0. The lowest BCUT2D eigenvalue weighted by Gasteiger charge is -2.51. The molecule has 1 N–H and O–H groups in total. The fourth-order valence-corrected chi connectivity index (χ4v) is 3.63. The van der Waals surface area contributed by atoms with Gasteiger partial charge in [-0.15, -0.1) is 5.10 Å². The van der Waals surface area contributed by atoms with Gasteiger partial charge in [-0.1, -0.05) is 0 Å². The Hall–Kier alpha value is -2.00. The fourth-order valence-electron chi connectivity index (χ4n) is 3.63. The molecule has 3 heterocycles. The molecule has 132 valence electrons. The standard InChI is InChI=1S/C15H24N6O3/c1-18-7-8-21(9-10-22)14(24)15(18)3-5-20(6-4-15)13(23)12-16-11-19(2)17-12/h11,22H,3-10H2,1-2H3. The molecule has 0 saturated carbocycles. The Kier molecular flexibility index (Phi) is 4.55. The quantitative estimate of drug-likeness (QED) is 0.726. The average molecular weight is 336 g/mol. The molecule has 0 aliphatic carbocycles. The van der Waals surface area contributed by atoms with Gasteiger partial charge in [0.05, 0.1) is 6.61 Å². The van der Waals surface area contributed by atoms with E-state index in [4.69, 9.17) is 5.11 Å². The van der Waals surface area contributed by atoms with Crippen LogP contribution in [0.3, 0.4) is 0 Å². The number of aliphatic hydroxyl groups is 1. The van der Waals surface area contributed by atoms with Crippen molar-refractivity contribution in [3.8, 4) is 0 Å². The SMILES string of the molecule is CN1CCN(CCO)C(=O)C12CCN(C(=O)c1ncn(C)n1)CC2. The van der Waals surface area contributed by atoms with Gasteiger partial charge in [0, 0.05) is 39.8 Å². The molecule has 1 spiro atoms. The number of aromatic nitrogens is 3. The molecular weight excluding hydrogens is 312 g/mol. The van der Waals surface area contributed by atoms with Gasteiger partial charge < -0.3 is 14.9 Å². The minimum atomic E-state index is -0.568. The van der Waals surface area contributed by atoms with E-state index in [2.05, 4.69) is 15.0 Å². The molecule has 1 aromatic heterocycles. The molecule has 1 aromatic rings. The summed E-state index contributed by atoms with van der Waals surface area (Å²) in [6.45, 7) is 2.76. The summed E-state index contributed by atoms with van der Waals surface area (Å²) in [5, 5.41) is 13.2. The minimum absolute atomic E-state index is 0.0263. The Morgan fingerprint density at radius 3 is 2.54 bits per heavy atom. The summed E-state index contributed by atoms with van der Waals surface area (Å²) in [4.78, 5) is 34.9. The molecule has 24 heavy (non-hydrogen) atoms. The highest BCUT2D eigenvalue weighted by Crippen LogP contribution is 2.33. The third-order valence-electron chi connectivity index (χ3n) is 5.16. The number of aryl methyl sites for hydroxylation is 1. The van der Waals surface area contributed by atoms with Gasteiger partial charge in [0.1, 0.15) is 11.9 Å². The van der Waals surface area contributed by atoms with E-state index in [1.807, 2.05) is 7.05 Å². The molecule has 3 rings (SSSR count). The molecule has 2 aliphatic heterocycles. The summed E-state index contributed by atoms with van der Waals surface area (Å²) in [7, 11) is 3.69. The molecular formula is C15H24N6O3. The molecule has 0 unspecified atom stereocenters. The predicted octanol–water partition coefficient (Wildman–Crippen LogP) is -1.44. The zero-order valence-corrected chi connectivity index (χ0v) is 14.2. The second-order valence-electron chi connectivity index (χ2n) is 6.50. The van der Waals surface area contributed by atoms with Crippen LogP contribution in [-0.4, -0.2) is 98.3 Å². The van der Waals surface area contributed by atoms with Crippen molar-refractivity contribution in [3.63, 3.8) is 0 Å². The number of carbonyl (C=O) groups is 2. The lowest BCUT2D eigenvalue weighted by molar-refractivity contribution is -0.154. The fraction of sp³-hybridized carbons (Fsp3) is 0.733. The van der Waals surface area contributed by atoms with Crippen molar-refractivity contribution in [1.82, 2.24) is 29.5 Å². The van der Waals surface area contributed by atoms with E-state index in [9.17, 15) is 9.59 Å². The number of piperazine rings is 1. The van der Waals surface area contributed by atoms with Gasteiger partial charge in [-0.3, -0.25) is 19.2 Å². The maximum atomic E-state index is 12.9. The van der Waals surface area contributed by atoms with Gasteiger partial charge >= 0.3 is 0 Å². The van der Waals surface area contributed by atoms with E-state index in [0.717, 1.165) is 6.54 Å². The molecule has 0 radical (unpaired) electrons. The molecule has 0 aromatic carbocycles. The lowest BCUT2D eigenvalue weighted by Crippen LogP contribution is -2.68. The van der Waals surface area contributed by atoms with E-state index in [1.165, 1.54) is 11.0 Å². The highest BCUT2D eigenvalue weighted by Gasteiger charge is 2.49. The number of rotatable bonds is 3. The van der Waals surface area contributed by atoms with Crippen LogP contribution in [0.4, 0.5) is 0 Å². The first-order valence-corrected chi connectivity index (χ1v) is 8.24.